The van der Waals surface area contributed by atoms with Crippen LogP contribution in [0.1, 0.15) is 45.4 Å². The molecule has 2 saturated heterocycles. The van der Waals surface area contributed by atoms with Crippen molar-refractivity contribution in [2.24, 2.45) is 0 Å². The van der Waals surface area contributed by atoms with E-state index >= 15 is 0 Å². The number of likely N-dealkylation sites (tertiary alicyclic amines) is 1. The first kappa shape index (κ1) is 18.3. The third kappa shape index (κ3) is 4.77. The van der Waals surface area contributed by atoms with E-state index in [4.69, 9.17) is 4.74 Å². The molecule has 0 atom stereocenters. The molecular formula is C18H32N4O3. The van der Waals surface area contributed by atoms with Crippen molar-refractivity contribution >= 4 is 12.1 Å². The van der Waals surface area contributed by atoms with Crippen LogP contribution in [0.5, 0.6) is 0 Å². The molecule has 3 fully saturated rings. The molecule has 3 aliphatic rings. The van der Waals surface area contributed by atoms with Gasteiger partial charge in [0, 0.05) is 51.4 Å². The highest BCUT2D eigenvalue weighted by atomic mass is 16.6. The lowest BCUT2D eigenvalue weighted by Crippen LogP contribution is -2.56. The number of carbonyl (C=O) groups is 2. The van der Waals surface area contributed by atoms with Crippen molar-refractivity contribution in [1.82, 2.24) is 20.0 Å². The number of urea groups is 1. The number of nitrogens with zero attached hydrogens (tertiary/aromatic N) is 3. The van der Waals surface area contributed by atoms with E-state index in [9.17, 15) is 9.59 Å². The van der Waals surface area contributed by atoms with Crippen molar-refractivity contribution in [3.8, 4) is 0 Å². The predicted octanol–water partition coefficient (Wildman–Crippen LogP) is 1.88. The van der Waals surface area contributed by atoms with Crippen LogP contribution < -0.4 is 5.32 Å². The first-order chi connectivity index (χ1) is 12.2. The average Bonchev–Trinajstić information content (AvgIpc) is 3.17. The van der Waals surface area contributed by atoms with Gasteiger partial charge < -0.3 is 19.9 Å². The zero-order valence-corrected chi connectivity index (χ0v) is 15.4. The highest BCUT2D eigenvalue weighted by molar-refractivity contribution is 5.74. The fraction of sp³-hybridized carbons (Fsp3) is 0.889. The Kier molecular flexibility index (Phi) is 6.39. The lowest BCUT2D eigenvalue weighted by molar-refractivity contribution is 0.0919. The van der Waals surface area contributed by atoms with E-state index in [-0.39, 0.29) is 18.2 Å². The minimum absolute atomic E-state index is 0.0562. The molecular weight excluding hydrogens is 320 g/mol. The topological polar surface area (TPSA) is 65.1 Å². The maximum Gasteiger partial charge on any atom is 0.409 e. The van der Waals surface area contributed by atoms with Gasteiger partial charge in [-0.05, 0) is 32.6 Å². The summed E-state index contributed by atoms with van der Waals surface area (Å²) in [6.45, 7) is 7.17. The van der Waals surface area contributed by atoms with Crippen LogP contribution in [0.3, 0.4) is 0 Å². The molecule has 7 heteroatoms. The van der Waals surface area contributed by atoms with Crippen molar-refractivity contribution in [1.29, 1.82) is 0 Å². The molecule has 3 rings (SSSR count). The largest absolute Gasteiger partial charge is 0.450 e. The summed E-state index contributed by atoms with van der Waals surface area (Å²) < 4.78 is 5.03. The zero-order chi connectivity index (χ0) is 17.6. The van der Waals surface area contributed by atoms with Crippen molar-refractivity contribution < 1.29 is 14.3 Å². The van der Waals surface area contributed by atoms with Crippen LogP contribution in [0.25, 0.3) is 0 Å². The van der Waals surface area contributed by atoms with Crippen molar-refractivity contribution in [2.75, 3.05) is 45.9 Å². The van der Waals surface area contributed by atoms with E-state index in [1.807, 2.05) is 11.8 Å². The van der Waals surface area contributed by atoms with Crippen molar-refractivity contribution in [3.63, 3.8) is 0 Å². The monoisotopic (exact) mass is 352 g/mol. The molecule has 0 bridgehead atoms. The van der Waals surface area contributed by atoms with Crippen molar-refractivity contribution in [2.45, 2.75) is 57.5 Å². The Morgan fingerprint density at radius 3 is 2.16 bits per heavy atom. The summed E-state index contributed by atoms with van der Waals surface area (Å²) in [6.07, 6.45) is 6.72. The van der Waals surface area contributed by atoms with Crippen molar-refractivity contribution in [3.05, 3.63) is 0 Å². The molecule has 2 aliphatic heterocycles. The molecule has 0 radical (unpaired) electrons. The van der Waals surface area contributed by atoms with Gasteiger partial charge in [0.2, 0.25) is 0 Å². The van der Waals surface area contributed by atoms with Crippen LogP contribution in [-0.4, -0.2) is 84.8 Å². The van der Waals surface area contributed by atoms with Crippen LogP contribution in [0, 0.1) is 0 Å². The van der Waals surface area contributed by atoms with Gasteiger partial charge in [-0.15, -0.1) is 0 Å². The summed E-state index contributed by atoms with van der Waals surface area (Å²) in [4.78, 5) is 30.5. The molecule has 7 nitrogen and oxygen atoms in total. The SMILES string of the molecule is CCOC(=O)N1CCC(NC(=O)N2CCN(C3CCCC3)CC2)CC1. The van der Waals surface area contributed by atoms with E-state index < -0.39 is 0 Å². The van der Waals surface area contributed by atoms with Gasteiger partial charge in [0.25, 0.3) is 0 Å². The van der Waals surface area contributed by atoms with Gasteiger partial charge in [0.15, 0.2) is 0 Å². The van der Waals surface area contributed by atoms with E-state index in [0.717, 1.165) is 45.1 Å². The molecule has 0 unspecified atom stereocenters. The van der Waals surface area contributed by atoms with Crippen LogP contribution in [0.2, 0.25) is 0 Å². The number of piperazine rings is 1. The first-order valence-corrected chi connectivity index (χ1v) is 9.88. The van der Waals surface area contributed by atoms with Crippen LogP contribution in [0.15, 0.2) is 0 Å². The molecule has 1 aliphatic carbocycles. The van der Waals surface area contributed by atoms with Gasteiger partial charge in [-0.1, -0.05) is 12.8 Å². The fourth-order valence-electron chi connectivity index (χ4n) is 4.25. The molecule has 3 amide bonds. The van der Waals surface area contributed by atoms with Gasteiger partial charge in [-0.3, -0.25) is 4.90 Å². The Balaban J connectivity index is 1.36. The average molecular weight is 352 g/mol. The number of rotatable bonds is 3. The summed E-state index contributed by atoms with van der Waals surface area (Å²) in [7, 11) is 0. The molecule has 142 valence electrons. The summed E-state index contributed by atoms with van der Waals surface area (Å²) in [5.41, 5.74) is 0. The third-order valence-corrected chi connectivity index (χ3v) is 5.79. The Morgan fingerprint density at radius 2 is 1.56 bits per heavy atom. The Bertz CT molecular complexity index is 451. The molecule has 0 aromatic heterocycles. The second-order valence-electron chi connectivity index (χ2n) is 7.37. The maximum absolute atomic E-state index is 12.5. The summed E-state index contributed by atoms with van der Waals surface area (Å²) in [6, 6.07) is 0.962. The maximum atomic E-state index is 12.5. The number of hydrogen-bond acceptors (Lipinski definition) is 4. The third-order valence-electron chi connectivity index (χ3n) is 5.79. The summed E-state index contributed by atoms with van der Waals surface area (Å²) in [5.74, 6) is 0. The highest BCUT2D eigenvalue weighted by Crippen LogP contribution is 2.24. The smallest absolute Gasteiger partial charge is 0.409 e. The Labute approximate surface area is 150 Å². The number of carbonyl (C=O) groups excluding carboxylic acids is 2. The molecule has 0 aromatic rings. The van der Waals surface area contributed by atoms with E-state index in [1.54, 1.807) is 4.90 Å². The quantitative estimate of drug-likeness (QED) is 0.842. The van der Waals surface area contributed by atoms with Crippen LogP contribution >= 0.6 is 0 Å². The molecule has 0 aromatic carbocycles. The van der Waals surface area contributed by atoms with Gasteiger partial charge in [-0.2, -0.15) is 0 Å². The summed E-state index contributed by atoms with van der Waals surface area (Å²) in [5, 5.41) is 3.15. The highest BCUT2D eigenvalue weighted by Gasteiger charge is 2.30. The first-order valence-electron chi connectivity index (χ1n) is 9.88. The minimum Gasteiger partial charge on any atom is -0.450 e. The molecule has 1 N–H and O–H groups in total. The second kappa shape index (κ2) is 8.74. The van der Waals surface area contributed by atoms with E-state index in [1.165, 1.54) is 25.7 Å². The normalized spacial score (nSPS) is 23.7. The molecule has 25 heavy (non-hydrogen) atoms. The van der Waals surface area contributed by atoms with E-state index in [2.05, 4.69) is 10.2 Å². The number of ether oxygens (including phenoxy) is 1. The molecule has 1 saturated carbocycles. The van der Waals surface area contributed by atoms with Crippen LogP contribution in [-0.2, 0) is 4.74 Å². The van der Waals surface area contributed by atoms with Crippen LogP contribution in [0.4, 0.5) is 9.59 Å². The van der Waals surface area contributed by atoms with E-state index in [0.29, 0.717) is 19.7 Å². The molecule has 2 heterocycles. The Morgan fingerprint density at radius 1 is 0.920 bits per heavy atom. The van der Waals surface area contributed by atoms with Gasteiger partial charge in [0.1, 0.15) is 0 Å². The zero-order valence-electron chi connectivity index (χ0n) is 15.4. The van der Waals surface area contributed by atoms with Gasteiger partial charge in [-0.25, -0.2) is 9.59 Å². The standard InChI is InChI=1S/C18H32N4O3/c1-2-25-18(24)22-9-7-15(8-10-22)19-17(23)21-13-11-20(12-14-21)16-5-3-4-6-16/h15-16H,2-14H2,1H3,(H,19,23). The van der Waals surface area contributed by atoms with Gasteiger partial charge in [0.05, 0.1) is 6.61 Å². The Hall–Kier alpha value is -1.50. The fourth-order valence-corrected chi connectivity index (χ4v) is 4.25. The number of hydrogen-bond donors (Lipinski definition) is 1. The lowest BCUT2D eigenvalue weighted by atomic mass is 10.1. The van der Waals surface area contributed by atoms with Gasteiger partial charge >= 0.3 is 12.1 Å². The predicted molar refractivity (Wildman–Crippen MR) is 95.6 cm³/mol. The second-order valence-corrected chi connectivity index (χ2v) is 7.37. The summed E-state index contributed by atoms with van der Waals surface area (Å²) >= 11 is 0. The molecule has 0 spiro atoms. The minimum atomic E-state index is -0.240. The number of piperidine rings is 1. The number of nitrogens with one attached hydrogen (secondary N) is 1. The lowest BCUT2D eigenvalue weighted by Gasteiger charge is -2.39. The number of amides is 3.